The van der Waals surface area contributed by atoms with Gasteiger partial charge in [0, 0.05) is 12.6 Å². The molecule has 136 valence electrons. The second-order valence-corrected chi connectivity index (χ2v) is 5.84. The molecule has 1 aliphatic rings. The number of carbonyl (C=O) groups is 1. The minimum absolute atomic E-state index is 0. The molecule has 1 amide bonds. The Kier molecular flexibility index (Phi) is 9.57. The molecule has 1 saturated heterocycles. The van der Waals surface area contributed by atoms with Crippen LogP contribution in [-0.4, -0.2) is 50.2 Å². The first-order valence-corrected chi connectivity index (χ1v) is 8.51. The highest BCUT2D eigenvalue weighted by molar-refractivity contribution is 5.85. The summed E-state index contributed by atoms with van der Waals surface area (Å²) in [5, 5.41) is 3.35. The van der Waals surface area contributed by atoms with Gasteiger partial charge >= 0.3 is 0 Å². The van der Waals surface area contributed by atoms with Crippen LogP contribution in [0.25, 0.3) is 0 Å². The number of rotatable bonds is 8. The number of halogens is 1. The van der Waals surface area contributed by atoms with E-state index in [4.69, 9.17) is 9.47 Å². The average molecular weight is 357 g/mol. The molecule has 1 aromatic rings. The van der Waals surface area contributed by atoms with E-state index in [1.54, 1.807) is 7.11 Å². The number of carbonyl (C=O) groups excluding carboxylic acids is 1. The molecule has 1 heterocycles. The van der Waals surface area contributed by atoms with Crippen LogP contribution in [0.5, 0.6) is 11.5 Å². The van der Waals surface area contributed by atoms with Gasteiger partial charge in [-0.1, -0.05) is 6.92 Å². The van der Waals surface area contributed by atoms with Crippen molar-refractivity contribution < 1.29 is 14.3 Å². The number of methoxy groups -OCH3 is 1. The van der Waals surface area contributed by atoms with Gasteiger partial charge in [0.25, 0.3) is 0 Å². The molecule has 0 atom stereocenters. The van der Waals surface area contributed by atoms with E-state index in [0.717, 1.165) is 50.4 Å². The van der Waals surface area contributed by atoms with E-state index in [1.807, 2.05) is 24.3 Å². The summed E-state index contributed by atoms with van der Waals surface area (Å²) in [5.41, 5.74) is 0. The molecule has 0 spiro atoms. The number of hydrogen-bond donors (Lipinski definition) is 1. The standard InChI is InChI=1S/C18H28N2O3.ClH/c1-3-13-20(15-8-11-19-12-9-15)18(21)10-14-23-17-6-4-16(22-2)5-7-17;/h4-7,15,19H,3,8-14H2,1-2H3;1H. The van der Waals surface area contributed by atoms with Crippen molar-refractivity contribution in [3.63, 3.8) is 0 Å². The van der Waals surface area contributed by atoms with Gasteiger partial charge in [-0.15, -0.1) is 12.4 Å². The van der Waals surface area contributed by atoms with Crippen molar-refractivity contribution in [2.45, 2.75) is 38.6 Å². The third-order valence-electron chi connectivity index (χ3n) is 4.18. The molecule has 0 unspecified atom stereocenters. The van der Waals surface area contributed by atoms with Crippen molar-refractivity contribution in [3.8, 4) is 11.5 Å². The van der Waals surface area contributed by atoms with E-state index in [2.05, 4.69) is 17.1 Å². The fourth-order valence-electron chi connectivity index (χ4n) is 2.94. The Labute approximate surface area is 151 Å². The van der Waals surface area contributed by atoms with Crippen LogP contribution in [0, 0.1) is 0 Å². The summed E-state index contributed by atoms with van der Waals surface area (Å²) in [6.07, 6.45) is 3.51. The van der Waals surface area contributed by atoms with Gasteiger partial charge < -0.3 is 19.7 Å². The molecule has 0 aromatic heterocycles. The predicted molar refractivity (Wildman–Crippen MR) is 98.2 cm³/mol. The normalized spacial score (nSPS) is 14.6. The van der Waals surface area contributed by atoms with Crippen LogP contribution in [0.1, 0.15) is 32.6 Å². The van der Waals surface area contributed by atoms with Crippen LogP contribution in [0.4, 0.5) is 0 Å². The van der Waals surface area contributed by atoms with Crippen molar-refractivity contribution in [2.24, 2.45) is 0 Å². The summed E-state index contributed by atoms with van der Waals surface area (Å²) < 4.78 is 10.8. The maximum Gasteiger partial charge on any atom is 0.226 e. The Morgan fingerprint density at radius 2 is 1.83 bits per heavy atom. The molecular weight excluding hydrogens is 328 g/mol. The van der Waals surface area contributed by atoms with Crippen molar-refractivity contribution >= 4 is 18.3 Å². The topological polar surface area (TPSA) is 50.8 Å². The highest BCUT2D eigenvalue weighted by atomic mass is 35.5. The quantitative estimate of drug-likeness (QED) is 0.778. The summed E-state index contributed by atoms with van der Waals surface area (Å²) in [6.45, 7) is 5.37. The van der Waals surface area contributed by atoms with Crippen LogP contribution >= 0.6 is 12.4 Å². The van der Waals surface area contributed by atoms with Gasteiger partial charge in [-0.2, -0.15) is 0 Å². The van der Waals surface area contributed by atoms with Crippen LogP contribution in [-0.2, 0) is 4.79 Å². The van der Waals surface area contributed by atoms with Crippen molar-refractivity contribution in [3.05, 3.63) is 24.3 Å². The zero-order valence-corrected chi connectivity index (χ0v) is 15.4. The smallest absolute Gasteiger partial charge is 0.226 e. The van der Waals surface area contributed by atoms with Crippen molar-refractivity contribution in [1.82, 2.24) is 10.2 Å². The lowest BCUT2D eigenvalue weighted by Crippen LogP contribution is -2.46. The van der Waals surface area contributed by atoms with E-state index in [0.29, 0.717) is 19.1 Å². The highest BCUT2D eigenvalue weighted by Crippen LogP contribution is 2.18. The second-order valence-electron chi connectivity index (χ2n) is 5.84. The van der Waals surface area contributed by atoms with Gasteiger partial charge in [-0.3, -0.25) is 4.79 Å². The molecule has 0 aliphatic carbocycles. The largest absolute Gasteiger partial charge is 0.497 e. The molecule has 1 aromatic carbocycles. The minimum Gasteiger partial charge on any atom is -0.497 e. The zero-order valence-electron chi connectivity index (χ0n) is 14.6. The van der Waals surface area contributed by atoms with Crippen LogP contribution in [0.3, 0.4) is 0 Å². The Morgan fingerprint density at radius 1 is 1.21 bits per heavy atom. The van der Waals surface area contributed by atoms with Gasteiger partial charge in [0.05, 0.1) is 20.1 Å². The lowest BCUT2D eigenvalue weighted by Gasteiger charge is -2.34. The lowest BCUT2D eigenvalue weighted by molar-refractivity contribution is -0.134. The van der Waals surface area contributed by atoms with Gasteiger partial charge in [0.1, 0.15) is 11.5 Å². The molecule has 0 radical (unpaired) electrons. The Bertz CT molecular complexity index is 476. The summed E-state index contributed by atoms with van der Waals surface area (Å²) in [5.74, 6) is 1.77. The molecule has 6 heteroatoms. The first-order valence-electron chi connectivity index (χ1n) is 8.51. The van der Waals surface area contributed by atoms with E-state index in [-0.39, 0.29) is 18.3 Å². The van der Waals surface area contributed by atoms with E-state index in [1.165, 1.54) is 0 Å². The second kappa shape index (κ2) is 11.2. The first kappa shape index (κ1) is 20.6. The van der Waals surface area contributed by atoms with Gasteiger partial charge in [0.2, 0.25) is 5.91 Å². The van der Waals surface area contributed by atoms with Crippen LogP contribution < -0.4 is 14.8 Å². The maximum absolute atomic E-state index is 12.5. The molecular formula is C18H29ClN2O3. The third-order valence-corrected chi connectivity index (χ3v) is 4.18. The number of benzene rings is 1. The fraction of sp³-hybridized carbons (Fsp3) is 0.611. The van der Waals surface area contributed by atoms with E-state index < -0.39 is 0 Å². The molecule has 24 heavy (non-hydrogen) atoms. The van der Waals surface area contributed by atoms with Gasteiger partial charge in [-0.05, 0) is 56.6 Å². The summed E-state index contributed by atoms with van der Waals surface area (Å²) in [6, 6.07) is 7.81. The summed E-state index contributed by atoms with van der Waals surface area (Å²) in [4.78, 5) is 14.6. The Balaban J connectivity index is 0.00000288. The molecule has 0 saturated carbocycles. The minimum atomic E-state index is 0. The molecule has 0 bridgehead atoms. The van der Waals surface area contributed by atoms with E-state index >= 15 is 0 Å². The highest BCUT2D eigenvalue weighted by Gasteiger charge is 2.24. The van der Waals surface area contributed by atoms with Crippen molar-refractivity contribution in [2.75, 3.05) is 33.4 Å². The molecule has 5 nitrogen and oxygen atoms in total. The maximum atomic E-state index is 12.5. The van der Waals surface area contributed by atoms with Crippen molar-refractivity contribution in [1.29, 1.82) is 0 Å². The fourth-order valence-corrected chi connectivity index (χ4v) is 2.94. The number of amides is 1. The lowest BCUT2D eigenvalue weighted by atomic mass is 10.0. The third kappa shape index (κ3) is 6.21. The molecule has 1 N–H and O–H groups in total. The van der Waals surface area contributed by atoms with Crippen LogP contribution in [0.15, 0.2) is 24.3 Å². The SMILES string of the molecule is CCCN(C(=O)CCOc1ccc(OC)cc1)C1CCNCC1.Cl. The number of nitrogens with zero attached hydrogens (tertiary/aromatic N) is 1. The monoisotopic (exact) mass is 356 g/mol. The molecule has 1 fully saturated rings. The molecule has 1 aliphatic heterocycles. The Morgan fingerprint density at radius 3 is 2.42 bits per heavy atom. The zero-order chi connectivity index (χ0) is 16.5. The molecule has 2 rings (SSSR count). The first-order chi connectivity index (χ1) is 11.2. The predicted octanol–water partition coefficient (Wildman–Crippen LogP) is 2.88. The average Bonchev–Trinajstić information content (AvgIpc) is 2.61. The van der Waals surface area contributed by atoms with Crippen LogP contribution in [0.2, 0.25) is 0 Å². The summed E-state index contributed by atoms with van der Waals surface area (Å²) in [7, 11) is 1.64. The van der Waals surface area contributed by atoms with Gasteiger partial charge in [0.15, 0.2) is 0 Å². The number of ether oxygens (including phenoxy) is 2. The number of piperidine rings is 1. The van der Waals surface area contributed by atoms with Gasteiger partial charge in [-0.25, -0.2) is 0 Å². The number of hydrogen-bond acceptors (Lipinski definition) is 4. The summed E-state index contributed by atoms with van der Waals surface area (Å²) >= 11 is 0. The number of nitrogens with one attached hydrogen (secondary N) is 1. The Hall–Kier alpha value is -1.46. The van der Waals surface area contributed by atoms with E-state index in [9.17, 15) is 4.79 Å².